The van der Waals surface area contributed by atoms with E-state index in [4.69, 9.17) is 16.7 Å². The lowest BCUT2D eigenvalue weighted by Gasteiger charge is -2.04. The fourth-order valence-corrected chi connectivity index (χ4v) is 1.92. The van der Waals surface area contributed by atoms with E-state index in [1.807, 2.05) is 35.0 Å². The van der Waals surface area contributed by atoms with E-state index in [1.54, 1.807) is 0 Å². The summed E-state index contributed by atoms with van der Waals surface area (Å²) in [6, 6.07) is 7.72. The van der Waals surface area contributed by atoms with Gasteiger partial charge in [-0.15, -0.1) is 0 Å². The lowest BCUT2D eigenvalue weighted by Crippen LogP contribution is -2.00. The zero-order valence-corrected chi connectivity index (χ0v) is 9.44. The van der Waals surface area contributed by atoms with Gasteiger partial charge in [0, 0.05) is 29.7 Å². The Balaban J connectivity index is 2.17. The third-order valence-electron chi connectivity index (χ3n) is 2.53. The highest BCUT2D eigenvalue weighted by Gasteiger charge is 2.02. The maximum absolute atomic E-state index is 10.4. The molecular formula is C12H12ClNO2. The molecule has 84 valence electrons. The number of nitrogens with zero attached hydrogens (tertiary/aromatic N) is 1. The molecule has 4 heteroatoms. The summed E-state index contributed by atoms with van der Waals surface area (Å²) in [5.41, 5.74) is 1.05. The highest BCUT2D eigenvalue weighted by molar-refractivity contribution is 6.31. The number of benzene rings is 1. The Morgan fingerprint density at radius 1 is 1.38 bits per heavy atom. The molecule has 2 aromatic rings. The highest BCUT2D eigenvalue weighted by Crippen LogP contribution is 2.20. The number of aromatic nitrogens is 1. The van der Waals surface area contributed by atoms with Crippen LogP contribution in [0.2, 0.25) is 5.02 Å². The maximum Gasteiger partial charge on any atom is 0.303 e. The number of aliphatic carboxylic acids is 1. The van der Waals surface area contributed by atoms with Crippen molar-refractivity contribution in [3.05, 3.63) is 35.5 Å². The largest absolute Gasteiger partial charge is 0.481 e. The van der Waals surface area contributed by atoms with Gasteiger partial charge in [-0.1, -0.05) is 17.7 Å². The number of halogens is 1. The minimum atomic E-state index is -0.755. The van der Waals surface area contributed by atoms with E-state index < -0.39 is 5.97 Å². The molecule has 1 N–H and O–H groups in total. The third-order valence-corrected chi connectivity index (χ3v) is 2.76. The average Bonchev–Trinajstić information content (AvgIpc) is 2.60. The Bertz CT molecular complexity index is 519. The predicted octanol–water partition coefficient (Wildman–Crippen LogP) is 3.16. The molecule has 0 fully saturated rings. The van der Waals surface area contributed by atoms with Crippen molar-refractivity contribution in [3.8, 4) is 0 Å². The van der Waals surface area contributed by atoms with E-state index in [-0.39, 0.29) is 6.42 Å². The van der Waals surface area contributed by atoms with Gasteiger partial charge in [0.1, 0.15) is 0 Å². The fourth-order valence-electron chi connectivity index (χ4n) is 1.75. The Hall–Kier alpha value is -1.48. The number of hydrogen-bond donors (Lipinski definition) is 1. The molecule has 1 heterocycles. The lowest BCUT2D eigenvalue weighted by molar-refractivity contribution is -0.137. The van der Waals surface area contributed by atoms with Crippen molar-refractivity contribution >= 4 is 28.5 Å². The highest BCUT2D eigenvalue weighted by atomic mass is 35.5. The number of aryl methyl sites for hydroxylation is 1. The molecule has 1 aromatic heterocycles. The molecule has 0 spiro atoms. The summed E-state index contributed by atoms with van der Waals surface area (Å²) in [6.45, 7) is 0.705. The molecule has 2 rings (SSSR count). The fraction of sp³-hybridized carbons (Fsp3) is 0.250. The summed E-state index contributed by atoms with van der Waals surface area (Å²) in [5.74, 6) is -0.755. The van der Waals surface area contributed by atoms with Crippen molar-refractivity contribution in [1.29, 1.82) is 0 Å². The quantitative estimate of drug-likeness (QED) is 0.888. The normalized spacial score (nSPS) is 10.8. The standard InChI is InChI=1S/C12H12ClNO2/c13-10-4-3-9-5-7-14(11(9)8-10)6-1-2-12(15)16/h3-5,7-8H,1-2,6H2,(H,15,16). The van der Waals surface area contributed by atoms with Gasteiger partial charge in [0.25, 0.3) is 0 Å². The van der Waals surface area contributed by atoms with Crippen molar-refractivity contribution in [2.24, 2.45) is 0 Å². The number of carboxylic acid groups (broad SMARTS) is 1. The first kappa shape index (κ1) is 11.0. The van der Waals surface area contributed by atoms with Crippen molar-refractivity contribution in [2.45, 2.75) is 19.4 Å². The first-order chi connectivity index (χ1) is 7.66. The zero-order valence-electron chi connectivity index (χ0n) is 8.69. The van der Waals surface area contributed by atoms with Crippen LogP contribution in [0.5, 0.6) is 0 Å². The number of rotatable bonds is 4. The molecule has 0 aliphatic rings. The van der Waals surface area contributed by atoms with Crippen LogP contribution < -0.4 is 0 Å². The molecule has 0 radical (unpaired) electrons. The van der Waals surface area contributed by atoms with Crippen LogP contribution in [0.25, 0.3) is 10.9 Å². The molecule has 0 atom stereocenters. The first-order valence-corrected chi connectivity index (χ1v) is 5.51. The summed E-state index contributed by atoms with van der Waals surface area (Å²) in [4.78, 5) is 10.4. The minimum Gasteiger partial charge on any atom is -0.481 e. The van der Waals surface area contributed by atoms with E-state index >= 15 is 0 Å². The molecule has 1 aromatic carbocycles. The Morgan fingerprint density at radius 3 is 2.94 bits per heavy atom. The predicted molar refractivity (Wildman–Crippen MR) is 63.8 cm³/mol. The zero-order chi connectivity index (χ0) is 11.5. The molecule has 0 saturated heterocycles. The molecule has 16 heavy (non-hydrogen) atoms. The van der Waals surface area contributed by atoms with Gasteiger partial charge in [0.05, 0.1) is 0 Å². The molecule has 0 aliphatic carbocycles. The second-order valence-corrected chi connectivity index (χ2v) is 4.15. The SMILES string of the molecule is O=C(O)CCCn1ccc2ccc(Cl)cc21. The van der Waals surface area contributed by atoms with Gasteiger partial charge in [-0.05, 0) is 30.0 Å². The summed E-state index contributed by atoms with van der Waals surface area (Å²) in [6.07, 6.45) is 2.79. The van der Waals surface area contributed by atoms with Crippen LogP contribution in [0, 0.1) is 0 Å². The number of fused-ring (bicyclic) bond motifs is 1. The Kier molecular flexibility index (Phi) is 3.15. The maximum atomic E-state index is 10.4. The van der Waals surface area contributed by atoms with Crippen LogP contribution in [0.4, 0.5) is 0 Å². The van der Waals surface area contributed by atoms with Gasteiger partial charge in [-0.2, -0.15) is 0 Å². The summed E-state index contributed by atoms with van der Waals surface area (Å²) < 4.78 is 2.03. The molecule has 0 aliphatic heterocycles. The van der Waals surface area contributed by atoms with Crippen LogP contribution in [0.3, 0.4) is 0 Å². The average molecular weight is 238 g/mol. The molecule has 0 amide bonds. The molecule has 0 unspecified atom stereocenters. The van der Waals surface area contributed by atoms with E-state index in [1.165, 1.54) is 0 Å². The molecule has 0 saturated carbocycles. The van der Waals surface area contributed by atoms with Gasteiger partial charge >= 0.3 is 5.97 Å². The lowest BCUT2D eigenvalue weighted by atomic mass is 10.2. The van der Waals surface area contributed by atoms with Gasteiger partial charge in [0.15, 0.2) is 0 Å². The summed E-state index contributed by atoms with van der Waals surface area (Å²) in [5, 5.41) is 10.4. The Labute approximate surface area is 98.3 Å². The van der Waals surface area contributed by atoms with E-state index in [0.717, 1.165) is 10.9 Å². The topological polar surface area (TPSA) is 42.2 Å². The van der Waals surface area contributed by atoms with E-state index in [9.17, 15) is 4.79 Å². The van der Waals surface area contributed by atoms with E-state index in [2.05, 4.69) is 0 Å². The third kappa shape index (κ3) is 2.36. The molecule has 0 bridgehead atoms. The van der Waals surface area contributed by atoms with Crippen molar-refractivity contribution < 1.29 is 9.90 Å². The first-order valence-electron chi connectivity index (χ1n) is 5.13. The minimum absolute atomic E-state index is 0.195. The van der Waals surface area contributed by atoms with Gasteiger partial charge in [0.2, 0.25) is 0 Å². The second kappa shape index (κ2) is 4.58. The summed E-state index contributed by atoms with van der Waals surface area (Å²) in [7, 11) is 0. The van der Waals surface area contributed by atoms with Crippen LogP contribution in [0.15, 0.2) is 30.5 Å². The van der Waals surface area contributed by atoms with Crippen molar-refractivity contribution in [1.82, 2.24) is 4.57 Å². The van der Waals surface area contributed by atoms with E-state index in [0.29, 0.717) is 18.0 Å². The van der Waals surface area contributed by atoms with Crippen LogP contribution in [-0.2, 0) is 11.3 Å². The second-order valence-electron chi connectivity index (χ2n) is 3.71. The van der Waals surface area contributed by atoms with Crippen LogP contribution in [0.1, 0.15) is 12.8 Å². The monoisotopic (exact) mass is 237 g/mol. The molecular weight excluding hydrogens is 226 g/mol. The number of carboxylic acids is 1. The number of hydrogen-bond acceptors (Lipinski definition) is 1. The van der Waals surface area contributed by atoms with Crippen molar-refractivity contribution in [2.75, 3.05) is 0 Å². The van der Waals surface area contributed by atoms with Crippen molar-refractivity contribution in [3.63, 3.8) is 0 Å². The Morgan fingerprint density at radius 2 is 2.19 bits per heavy atom. The van der Waals surface area contributed by atoms with Crippen LogP contribution in [-0.4, -0.2) is 15.6 Å². The summed E-state index contributed by atoms with van der Waals surface area (Å²) >= 11 is 5.92. The van der Waals surface area contributed by atoms with Gasteiger partial charge < -0.3 is 9.67 Å². The van der Waals surface area contributed by atoms with Crippen LogP contribution >= 0.6 is 11.6 Å². The molecule has 3 nitrogen and oxygen atoms in total. The smallest absolute Gasteiger partial charge is 0.303 e. The van der Waals surface area contributed by atoms with Gasteiger partial charge in [-0.25, -0.2) is 0 Å². The van der Waals surface area contributed by atoms with Gasteiger partial charge in [-0.3, -0.25) is 4.79 Å². The number of carbonyl (C=O) groups is 1.